The number of aliphatic hydroxyl groups is 1. The molecule has 28 heavy (non-hydrogen) atoms. The van der Waals surface area contributed by atoms with E-state index in [2.05, 4.69) is 0 Å². The van der Waals surface area contributed by atoms with Crippen molar-refractivity contribution in [2.75, 3.05) is 13.2 Å². The zero-order valence-corrected chi connectivity index (χ0v) is 15.8. The first-order valence-corrected chi connectivity index (χ1v) is 8.48. The quantitative estimate of drug-likeness (QED) is 0.231. The van der Waals surface area contributed by atoms with Crippen LogP contribution >= 0.6 is 0 Å². The van der Waals surface area contributed by atoms with Crippen molar-refractivity contribution in [2.24, 2.45) is 5.41 Å². The van der Waals surface area contributed by atoms with Gasteiger partial charge in [0.2, 0.25) is 0 Å². The van der Waals surface area contributed by atoms with Crippen LogP contribution in [0.5, 0.6) is 0 Å². The molecule has 0 bridgehead atoms. The number of rotatable bonds is 14. The van der Waals surface area contributed by atoms with Gasteiger partial charge in [0.05, 0.1) is 26.1 Å². The molecule has 0 fully saturated rings. The Morgan fingerprint density at radius 1 is 0.750 bits per heavy atom. The molecule has 11 heteroatoms. The SMILES string of the molecule is CC(C)(COC(=O)CCCCC(=O)O)COC(=O)CC(O)(CC(=O)O)C(=O)O. The van der Waals surface area contributed by atoms with Crippen LogP contribution in [-0.4, -0.2) is 69.1 Å². The lowest BCUT2D eigenvalue weighted by Crippen LogP contribution is -2.43. The largest absolute Gasteiger partial charge is 0.481 e. The van der Waals surface area contributed by atoms with E-state index in [1.807, 2.05) is 0 Å². The predicted octanol–water partition coefficient (Wildman–Crippen LogP) is 0.425. The van der Waals surface area contributed by atoms with Gasteiger partial charge in [0.25, 0.3) is 0 Å². The fourth-order valence-electron chi connectivity index (χ4n) is 1.96. The molecule has 0 aromatic rings. The van der Waals surface area contributed by atoms with E-state index in [4.69, 9.17) is 24.8 Å². The molecule has 0 aliphatic carbocycles. The Hall–Kier alpha value is -2.69. The fraction of sp³-hybridized carbons (Fsp3) is 0.706. The number of esters is 2. The summed E-state index contributed by atoms with van der Waals surface area (Å²) in [7, 11) is 0. The molecule has 0 amide bonds. The summed E-state index contributed by atoms with van der Waals surface area (Å²) >= 11 is 0. The van der Waals surface area contributed by atoms with Crippen molar-refractivity contribution >= 4 is 29.8 Å². The van der Waals surface area contributed by atoms with Crippen molar-refractivity contribution in [3.8, 4) is 0 Å². The van der Waals surface area contributed by atoms with Gasteiger partial charge in [-0.05, 0) is 12.8 Å². The highest BCUT2D eigenvalue weighted by molar-refractivity contribution is 5.88. The number of hydrogen-bond acceptors (Lipinski definition) is 8. The second kappa shape index (κ2) is 11.2. The third-order valence-corrected chi connectivity index (χ3v) is 3.55. The van der Waals surface area contributed by atoms with E-state index < -0.39 is 53.7 Å². The summed E-state index contributed by atoms with van der Waals surface area (Å²) in [6.45, 7) is 2.84. The van der Waals surface area contributed by atoms with E-state index in [1.165, 1.54) is 0 Å². The van der Waals surface area contributed by atoms with E-state index in [-0.39, 0.29) is 26.1 Å². The first kappa shape index (κ1) is 25.3. The Bertz CT molecular complexity index is 596. The van der Waals surface area contributed by atoms with Gasteiger partial charge < -0.3 is 29.9 Å². The van der Waals surface area contributed by atoms with Gasteiger partial charge in [-0.1, -0.05) is 13.8 Å². The van der Waals surface area contributed by atoms with Gasteiger partial charge in [0.1, 0.15) is 0 Å². The minimum atomic E-state index is -2.78. The van der Waals surface area contributed by atoms with E-state index in [0.29, 0.717) is 12.8 Å². The van der Waals surface area contributed by atoms with Crippen LogP contribution in [0.15, 0.2) is 0 Å². The molecule has 0 aromatic carbocycles. The van der Waals surface area contributed by atoms with Crippen molar-refractivity contribution < 1.29 is 53.9 Å². The maximum atomic E-state index is 11.8. The molecule has 1 unspecified atom stereocenters. The molecule has 0 aliphatic heterocycles. The minimum absolute atomic E-state index is 0.0424. The van der Waals surface area contributed by atoms with Crippen molar-refractivity contribution in [2.45, 2.75) is 58.0 Å². The zero-order chi connectivity index (χ0) is 22.0. The third kappa shape index (κ3) is 11.1. The molecule has 0 rings (SSSR count). The molecule has 0 heterocycles. The number of ether oxygens (including phenoxy) is 2. The van der Waals surface area contributed by atoms with Crippen LogP contribution in [0.1, 0.15) is 52.4 Å². The summed E-state index contributed by atoms with van der Waals surface area (Å²) < 4.78 is 9.92. The molecule has 1 atom stereocenters. The average Bonchev–Trinajstić information content (AvgIpc) is 2.54. The van der Waals surface area contributed by atoms with Gasteiger partial charge in [-0.3, -0.25) is 19.2 Å². The van der Waals surface area contributed by atoms with Crippen molar-refractivity contribution in [1.29, 1.82) is 0 Å². The zero-order valence-electron chi connectivity index (χ0n) is 15.8. The highest BCUT2D eigenvalue weighted by Crippen LogP contribution is 2.20. The summed E-state index contributed by atoms with van der Waals surface area (Å²) in [6.07, 6.45) is -1.51. The van der Waals surface area contributed by atoms with Gasteiger partial charge in [-0.15, -0.1) is 0 Å². The summed E-state index contributed by atoms with van der Waals surface area (Å²) in [4.78, 5) is 55.4. The van der Waals surface area contributed by atoms with Crippen molar-refractivity contribution in [3.05, 3.63) is 0 Å². The maximum absolute atomic E-state index is 11.8. The number of carboxylic acid groups (broad SMARTS) is 3. The normalized spacial score (nSPS) is 13.2. The Kier molecular flexibility index (Phi) is 10.1. The lowest BCUT2D eigenvalue weighted by atomic mass is 9.95. The molecule has 160 valence electrons. The monoisotopic (exact) mass is 406 g/mol. The Labute approximate surface area is 161 Å². The van der Waals surface area contributed by atoms with Crippen LogP contribution < -0.4 is 0 Å². The predicted molar refractivity (Wildman–Crippen MR) is 91.3 cm³/mol. The van der Waals surface area contributed by atoms with Gasteiger partial charge in [-0.25, -0.2) is 4.79 Å². The molecule has 11 nitrogen and oxygen atoms in total. The Morgan fingerprint density at radius 2 is 1.25 bits per heavy atom. The first-order valence-electron chi connectivity index (χ1n) is 8.48. The van der Waals surface area contributed by atoms with Gasteiger partial charge in [0, 0.05) is 18.3 Å². The van der Waals surface area contributed by atoms with E-state index in [1.54, 1.807) is 13.8 Å². The van der Waals surface area contributed by atoms with Gasteiger partial charge in [-0.2, -0.15) is 0 Å². The van der Waals surface area contributed by atoms with Crippen molar-refractivity contribution in [1.82, 2.24) is 0 Å². The summed E-state index contributed by atoms with van der Waals surface area (Å²) in [5.41, 5.74) is -3.60. The second-order valence-electron chi connectivity index (χ2n) is 7.17. The number of unbranched alkanes of at least 4 members (excludes halogenated alkanes) is 1. The molecule has 0 saturated heterocycles. The third-order valence-electron chi connectivity index (χ3n) is 3.55. The number of aliphatic carboxylic acids is 3. The summed E-state index contributed by atoms with van der Waals surface area (Å²) in [5, 5.41) is 35.8. The fourth-order valence-corrected chi connectivity index (χ4v) is 1.96. The number of carbonyl (C=O) groups is 5. The van der Waals surface area contributed by atoms with Crippen LogP contribution in [0.4, 0.5) is 0 Å². The van der Waals surface area contributed by atoms with Gasteiger partial charge in [0.15, 0.2) is 5.60 Å². The second-order valence-corrected chi connectivity index (χ2v) is 7.17. The maximum Gasteiger partial charge on any atom is 0.336 e. The smallest absolute Gasteiger partial charge is 0.336 e. The Balaban J connectivity index is 4.37. The lowest BCUT2D eigenvalue weighted by molar-refractivity contribution is -0.173. The van der Waals surface area contributed by atoms with E-state index >= 15 is 0 Å². The molecule has 0 aliphatic rings. The molecular weight excluding hydrogens is 380 g/mol. The van der Waals surface area contributed by atoms with Crippen LogP contribution in [0.3, 0.4) is 0 Å². The van der Waals surface area contributed by atoms with Crippen LogP contribution in [0.25, 0.3) is 0 Å². The van der Waals surface area contributed by atoms with E-state index in [0.717, 1.165) is 0 Å². The van der Waals surface area contributed by atoms with Gasteiger partial charge >= 0.3 is 29.8 Å². The molecular formula is C17H26O11. The highest BCUT2D eigenvalue weighted by atomic mass is 16.5. The van der Waals surface area contributed by atoms with E-state index in [9.17, 15) is 29.1 Å². The van der Waals surface area contributed by atoms with Crippen LogP contribution in [0.2, 0.25) is 0 Å². The Morgan fingerprint density at radius 3 is 1.71 bits per heavy atom. The van der Waals surface area contributed by atoms with Crippen LogP contribution in [-0.2, 0) is 33.4 Å². The molecule has 0 aromatic heterocycles. The summed E-state index contributed by atoms with van der Waals surface area (Å²) in [6, 6.07) is 0. The molecule has 0 radical (unpaired) electrons. The first-order chi connectivity index (χ1) is 12.8. The molecule has 0 spiro atoms. The topological polar surface area (TPSA) is 185 Å². The standard InChI is InChI=1S/C17H26O11/c1-16(2,9-27-13(22)6-4-3-5-11(18)19)10-28-14(23)8-17(26,15(24)25)7-12(20)21/h26H,3-10H2,1-2H3,(H,18,19)(H,20,21)(H,24,25). The number of carbonyl (C=O) groups excluding carboxylic acids is 2. The highest BCUT2D eigenvalue weighted by Gasteiger charge is 2.41. The van der Waals surface area contributed by atoms with Crippen LogP contribution in [0, 0.1) is 5.41 Å². The van der Waals surface area contributed by atoms with Crippen molar-refractivity contribution in [3.63, 3.8) is 0 Å². The average molecular weight is 406 g/mol. The number of carboxylic acids is 3. The molecule has 4 N–H and O–H groups in total. The molecule has 0 saturated carbocycles. The number of hydrogen-bond donors (Lipinski definition) is 4. The minimum Gasteiger partial charge on any atom is -0.481 e. The summed E-state index contributed by atoms with van der Waals surface area (Å²) in [5.74, 6) is -6.04. The lowest BCUT2D eigenvalue weighted by Gasteiger charge is -2.25.